The number of nitrogens with zero attached hydrogens (tertiary/aromatic N) is 2. The lowest BCUT2D eigenvalue weighted by Gasteiger charge is -2.22. The molecule has 3 aromatic carbocycles. The fourth-order valence-electron chi connectivity index (χ4n) is 4.46. The first-order chi connectivity index (χ1) is 18.6. The number of aromatic nitrogens is 2. The highest BCUT2D eigenvalue weighted by Crippen LogP contribution is 2.31. The number of anilines is 1. The maximum Gasteiger partial charge on any atom is 0.326 e. The van der Waals surface area contributed by atoms with E-state index in [-0.39, 0.29) is 17.1 Å². The average molecular weight is 532 g/mol. The number of hydrogen-bond acceptors (Lipinski definition) is 6. The van der Waals surface area contributed by atoms with Crippen LogP contribution in [0, 0.1) is 5.82 Å². The van der Waals surface area contributed by atoms with Crippen molar-refractivity contribution in [3.63, 3.8) is 0 Å². The molecule has 0 amide bonds. The van der Waals surface area contributed by atoms with Crippen LogP contribution in [-0.2, 0) is 16.1 Å². The molecular formula is C30H27F2N3O4. The van der Waals surface area contributed by atoms with E-state index >= 15 is 0 Å². The van der Waals surface area contributed by atoms with E-state index in [1.165, 1.54) is 24.4 Å². The topological polar surface area (TPSA) is 86.4 Å². The van der Waals surface area contributed by atoms with E-state index in [4.69, 9.17) is 9.15 Å². The second kappa shape index (κ2) is 10.3. The van der Waals surface area contributed by atoms with Crippen LogP contribution in [0.25, 0.3) is 33.3 Å². The highest BCUT2D eigenvalue weighted by molar-refractivity contribution is 6.05. The summed E-state index contributed by atoms with van der Waals surface area (Å²) in [5.41, 5.74) is 0.510. The van der Waals surface area contributed by atoms with Gasteiger partial charge in [-0.2, -0.15) is 0 Å². The van der Waals surface area contributed by atoms with Crippen LogP contribution < -0.4 is 10.9 Å². The van der Waals surface area contributed by atoms with Crippen LogP contribution in [-0.4, -0.2) is 27.8 Å². The Balaban J connectivity index is 1.54. The van der Waals surface area contributed by atoms with Gasteiger partial charge in [-0.3, -0.25) is 14.2 Å². The van der Waals surface area contributed by atoms with Gasteiger partial charge in [0.25, 0.3) is 5.56 Å². The zero-order chi connectivity index (χ0) is 27.7. The van der Waals surface area contributed by atoms with E-state index in [9.17, 15) is 18.4 Å². The number of halogens is 2. The molecule has 5 rings (SSSR count). The summed E-state index contributed by atoms with van der Waals surface area (Å²) in [4.78, 5) is 30.6. The number of fused-ring (bicyclic) bond motifs is 3. The molecule has 2 heterocycles. The molecule has 0 saturated heterocycles. The maximum absolute atomic E-state index is 14.6. The molecule has 0 spiro atoms. The molecule has 0 unspecified atom stereocenters. The van der Waals surface area contributed by atoms with E-state index < -0.39 is 42.2 Å². The lowest BCUT2D eigenvalue weighted by atomic mass is 10.0. The number of ether oxygens (including phenoxy) is 1. The van der Waals surface area contributed by atoms with E-state index in [2.05, 4.69) is 10.3 Å². The predicted octanol–water partition coefficient (Wildman–Crippen LogP) is 6.41. The number of benzene rings is 3. The fraction of sp³-hybridized carbons (Fsp3) is 0.233. The van der Waals surface area contributed by atoms with Gasteiger partial charge in [0.2, 0.25) is 0 Å². The van der Waals surface area contributed by atoms with Gasteiger partial charge in [0.15, 0.2) is 0 Å². The monoisotopic (exact) mass is 531 g/mol. The highest BCUT2D eigenvalue weighted by Gasteiger charge is 2.23. The molecule has 0 bridgehead atoms. The summed E-state index contributed by atoms with van der Waals surface area (Å²) in [5.74, 6) is -1.34. The Kier molecular flexibility index (Phi) is 6.91. The predicted molar refractivity (Wildman–Crippen MR) is 146 cm³/mol. The maximum atomic E-state index is 14.6. The van der Waals surface area contributed by atoms with Crippen LogP contribution in [0.4, 0.5) is 14.5 Å². The molecule has 0 saturated carbocycles. The van der Waals surface area contributed by atoms with Crippen LogP contribution in [0.1, 0.15) is 32.4 Å². The molecule has 0 fully saturated rings. The third-order valence-electron chi connectivity index (χ3n) is 6.16. The Hall–Kier alpha value is -4.53. The molecule has 1 N–H and O–H groups in total. The highest BCUT2D eigenvalue weighted by atomic mass is 19.1. The molecule has 7 nitrogen and oxygen atoms in total. The molecule has 200 valence electrons. The minimum atomic E-state index is -0.896. The van der Waals surface area contributed by atoms with Crippen molar-refractivity contribution in [3.05, 3.63) is 94.7 Å². The van der Waals surface area contributed by atoms with Gasteiger partial charge < -0.3 is 14.5 Å². The number of carbonyl (C=O) groups is 1. The van der Waals surface area contributed by atoms with Crippen molar-refractivity contribution >= 4 is 33.6 Å². The van der Waals surface area contributed by atoms with Gasteiger partial charge in [-0.1, -0.05) is 36.4 Å². The minimum Gasteiger partial charge on any atom is -0.459 e. The molecule has 0 aliphatic carbocycles. The zero-order valence-corrected chi connectivity index (χ0v) is 21.7. The quantitative estimate of drug-likeness (QED) is 0.244. The second-order valence-electron chi connectivity index (χ2n) is 10.2. The van der Waals surface area contributed by atoms with Crippen LogP contribution in [0.3, 0.4) is 0 Å². The summed E-state index contributed by atoms with van der Waals surface area (Å²) in [6.45, 7) is 3.77. The van der Waals surface area contributed by atoms with Crippen molar-refractivity contribution in [2.45, 2.75) is 39.0 Å². The van der Waals surface area contributed by atoms with Gasteiger partial charge in [-0.25, -0.2) is 13.8 Å². The summed E-state index contributed by atoms with van der Waals surface area (Å²) in [6.07, 6.45) is 1.23. The van der Waals surface area contributed by atoms with Crippen molar-refractivity contribution in [1.82, 2.24) is 9.55 Å². The van der Waals surface area contributed by atoms with Crippen molar-refractivity contribution < 1.29 is 22.7 Å². The summed E-state index contributed by atoms with van der Waals surface area (Å²) >= 11 is 0. The molecule has 9 heteroatoms. The molecular weight excluding hydrogens is 504 g/mol. The van der Waals surface area contributed by atoms with Crippen LogP contribution >= 0.6 is 0 Å². The second-order valence-corrected chi connectivity index (χ2v) is 10.2. The molecule has 0 aliphatic rings. The van der Waals surface area contributed by atoms with Crippen molar-refractivity contribution in [1.29, 1.82) is 0 Å². The number of rotatable bonds is 7. The molecule has 0 radical (unpaired) electrons. The van der Waals surface area contributed by atoms with Crippen molar-refractivity contribution in [2.24, 2.45) is 0 Å². The Morgan fingerprint density at radius 2 is 1.77 bits per heavy atom. The van der Waals surface area contributed by atoms with Gasteiger partial charge in [0, 0.05) is 10.8 Å². The van der Waals surface area contributed by atoms with Gasteiger partial charge in [-0.15, -0.1) is 0 Å². The Morgan fingerprint density at radius 1 is 1.05 bits per heavy atom. The molecule has 5 aromatic rings. The van der Waals surface area contributed by atoms with Crippen LogP contribution in [0.15, 0.2) is 82.1 Å². The normalized spacial score (nSPS) is 12.5. The fourth-order valence-corrected chi connectivity index (χ4v) is 4.46. The first kappa shape index (κ1) is 26.1. The number of furan rings is 1. The smallest absolute Gasteiger partial charge is 0.326 e. The molecule has 2 aromatic heterocycles. The molecule has 0 aliphatic heterocycles. The number of alkyl halides is 1. The van der Waals surface area contributed by atoms with E-state index in [1.807, 2.05) is 30.3 Å². The van der Waals surface area contributed by atoms with Gasteiger partial charge >= 0.3 is 5.97 Å². The third kappa shape index (κ3) is 5.38. The Morgan fingerprint density at radius 3 is 2.51 bits per heavy atom. The van der Waals surface area contributed by atoms with Gasteiger partial charge in [0.1, 0.15) is 47.3 Å². The zero-order valence-electron chi connectivity index (χ0n) is 21.7. The average Bonchev–Trinajstić information content (AvgIpc) is 3.27. The summed E-state index contributed by atoms with van der Waals surface area (Å²) in [5, 5.41) is 4.64. The van der Waals surface area contributed by atoms with Crippen LogP contribution in [0.2, 0.25) is 0 Å². The molecule has 1 atom stereocenters. The lowest BCUT2D eigenvalue weighted by molar-refractivity contribution is -0.155. The SMILES string of the molecule is CC(C)(C)OC(=O)Cn1c(-c2ccccc2F)ncc(N[C@H](CF)c2ccc3oc4ccccc4c3c2)c1=O. The Bertz CT molecular complexity index is 1740. The largest absolute Gasteiger partial charge is 0.459 e. The first-order valence-electron chi connectivity index (χ1n) is 12.4. The van der Waals surface area contributed by atoms with Gasteiger partial charge in [-0.05, 0) is 56.7 Å². The number of para-hydroxylation sites is 1. The van der Waals surface area contributed by atoms with E-state index in [0.29, 0.717) is 16.7 Å². The van der Waals surface area contributed by atoms with E-state index in [1.54, 1.807) is 39.0 Å². The standard InChI is InChI=1S/C30H27F2N3O4/c1-30(2,3)39-27(36)17-35-28(20-9-4-6-10-22(20)32)33-16-24(29(35)37)34-23(15-31)18-12-13-26-21(14-18)19-8-5-7-11-25(19)38-26/h4-14,16,23,34H,15,17H2,1-3H3/t23-/m1/s1. The lowest BCUT2D eigenvalue weighted by Crippen LogP contribution is -2.33. The minimum absolute atomic E-state index is 0.0431. The van der Waals surface area contributed by atoms with Gasteiger partial charge in [0.05, 0.1) is 17.8 Å². The van der Waals surface area contributed by atoms with E-state index in [0.717, 1.165) is 15.3 Å². The number of esters is 1. The third-order valence-corrected chi connectivity index (χ3v) is 6.16. The van der Waals surface area contributed by atoms with Crippen LogP contribution in [0.5, 0.6) is 0 Å². The number of hydrogen-bond donors (Lipinski definition) is 1. The van der Waals surface area contributed by atoms with Crippen molar-refractivity contribution in [2.75, 3.05) is 12.0 Å². The number of carbonyl (C=O) groups excluding carboxylic acids is 1. The summed E-state index contributed by atoms with van der Waals surface area (Å²) < 4.78 is 41.3. The first-order valence-corrected chi connectivity index (χ1v) is 12.4. The number of nitrogens with one attached hydrogen (secondary N) is 1. The van der Waals surface area contributed by atoms with Crippen molar-refractivity contribution in [3.8, 4) is 11.4 Å². The summed E-state index contributed by atoms with van der Waals surface area (Å²) in [7, 11) is 0. The Labute approximate surface area is 223 Å². The summed E-state index contributed by atoms with van der Waals surface area (Å²) in [6, 6.07) is 17.8. The molecule has 39 heavy (non-hydrogen) atoms.